The Morgan fingerprint density at radius 2 is 1.86 bits per heavy atom. The van der Waals surface area contributed by atoms with Gasteiger partial charge in [-0.2, -0.15) is 0 Å². The average Bonchev–Trinajstić information content (AvgIpc) is 2.74. The Morgan fingerprint density at radius 1 is 1.24 bits per heavy atom. The van der Waals surface area contributed by atoms with Crippen LogP contribution in [-0.4, -0.2) is 19.7 Å². The Hall–Kier alpha value is -1.24. The molecular formula is C15H20N2O2S2. The molecule has 0 aliphatic carbocycles. The molecule has 2 aromatic rings. The van der Waals surface area contributed by atoms with Gasteiger partial charge in [0.05, 0.1) is 15.6 Å². The van der Waals surface area contributed by atoms with Gasteiger partial charge in [-0.15, -0.1) is 11.3 Å². The van der Waals surface area contributed by atoms with E-state index in [1.54, 1.807) is 23.5 Å². The number of benzene rings is 1. The van der Waals surface area contributed by atoms with E-state index in [4.69, 9.17) is 0 Å². The topological polar surface area (TPSA) is 59.1 Å². The number of sulfone groups is 1. The first kappa shape index (κ1) is 16.1. The van der Waals surface area contributed by atoms with Gasteiger partial charge in [0.15, 0.2) is 9.84 Å². The molecule has 1 unspecified atom stereocenters. The van der Waals surface area contributed by atoms with Crippen LogP contribution in [0.5, 0.6) is 0 Å². The lowest BCUT2D eigenvalue weighted by Gasteiger charge is -2.13. The van der Waals surface area contributed by atoms with Crippen molar-refractivity contribution in [2.75, 3.05) is 6.26 Å². The summed E-state index contributed by atoms with van der Waals surface area (Å²) in [6, 6.07) is 7.15. The van der Waals surface area contributed by atoms with Crippen molar-refractivity contribution in [1.29, 1.82) is 0 Å². The Labute approximate surface area is 130 Å². The zero-order valence-electron chi connectivity index (χ0n) is 12.7. The number of aromatic nitrogens is 1. The number of nitrogens with one attached hydrogen (secondary N) is 1. The lowest BCUT2D eigenvalue weighted by atomic mass is 10.2. The van der Waals surface area contributed by atoms with Gasteiger partial charge in [-0.05, 0) is 38.5 Å². The van der Waals surface area contributed by atoms with Crippen LogP contribution in [0.1, 0.15) is 34.1 Å². The highest BCUT2D eigenvalue weighted by atomic mass is 32.2. The zero-order chi connectivity index (χ0) is 15.6. The van der Waals surface area contributed by atoms with Crippen molar-refractivity contribution in [2.45, 2.75) is 38.3 Å². The highest BCUT2D eigenvalue weighted by Gasteiger charge is 2.12. The molecule has 4 nitrogen and oxygen atoms in total. The molecule has 1 aromatic heterocycles. The molecule has 0 bridgehead atoms. The van der Waals surface area contributed by atoms with Gasteiger partial charge in [0.1, 0.15) is 0 Å². The summed E-state index contributed by atoms with van der Waals surface area (Å²) >= 11 is 1.71. The van der Waals surface area contributed by atoms with Gasteiger partial charge in [0, 0.05) is 23.7 Å². The van der Waals surface area contributed by atoms with Gasteiger partial charge in [-0.1, -0.05) is 12.1 Å². The number of rotatable bonds is 5. The van der Waals surface area contributed by atoms with Gasteiger partial charge >= 0.3 is 0 Å². The molecule has 6 heteroatoms. The summed E-state index contributed by atoms with van der Waals surface area (Å²) in [5, 5.41) is 4.50. The van der Waals surface area contributed by atoms with E-state index in [0.29, 0.717) is 11.4 Å². The Kier molecular flexibility index (Phi) is 4.81. The third kappa shape index (κ3) is 4.12. The number of hydrogen-bond acceptors (Lipinski definition) is 5. The summed E-state index contributed by atoms with van der Waals surface area (Å²) in [6.07, 6.45) is 1.22. The van der Waals surface area contributed by atoms with Crippen LogP contribution < -0.4 is 5.32 Å². The lowest BCUT2D eigenvalue weighted by molar-refractivity contribution is 0.561. The van der Waals surface area contributed by atoms with E-state index < -0.39 is 9.84 Å². The van der Waals surface area contributed by atoms with Gasteiger partial charge in [0.2, 0.25) is 0 Å². The van der Waals surface area contributed by atoms with E-state index in [1.165, 1.54) is 11.1 Å². The fourth-order valence-electron chi connectivity index (χ4n) is 2.17. The second-order valence-corrected chi connectivity index (χ2v) is 8.62. The second kappa shape index (κ2) is 6.25. The molecule has 0 amide bonds. The third-order valence-electron chi connectivity index (χ3n) is 3.31. The molecule has 114 valence electrons. The summed E-state index contributed by atoms with van der Waals surface area (Å²) < 4.78 is 22.8. The van der Waals surface area contributed by atoms with Crippen LogP contribution in [0.25, 0.3) is 0 Å². The molecule has 0 saturated carbocycles. The Morgan fingerprint density at radius 3 is 2.33 bits per heavy atom. The molecule has 0 radical (unpaired) electrons. The van der Waals surface area contributed by atoms with Crippen LogP contribution in [0, 0.1) is 13.8 Å². The van der Waals surface area contributed by atoms with Gasteiger partial charge < -0.3 is 5.32 Å². The first-order valence-electron chi connectivity index (χ1n) is 6.73. The largest absolute Gasteiger partial charge is 0.305 e. The van der Waals surface area contributed by atoms with Crippen LogP contribution in [0.3, 0.4) is 0 Å². The van der Waals surface area contributed by atoms with Crippen molar-refractivity contribution in [3.8, 4) is 0 Å². The fraction of sp³-hybridized carbons (Fsp3) is 0.400. The van der Waals surface area contributed by atoms with Crippen LogP contribution >= 0.6 is 11.3 Å². The number of thiazole rings is 1. The quantitative estimate of drug-likeness (QED) is 0.918. The summed E-state index contributed by atoms with van der Waals surface area (Å²) in [5.74, 6) is 0. The number of hydrogen-bond donors (Lipinski definition) is 1. The minimum Gasteiger partial charge on any atom is -0.305 e. The number of aryl methyl sites for hydroxylation is 2. The average molecular weight is 324 g/mol. The predicted octanol–water partition coefficient (Wildman–Crippen LogP) is 3.01. The molecule has 0 spiro atoms. The molecule has 0 fully saturated rings. The molecule has 0 saturated heterocycles. The van der Waals surface area contributed by atoms with Crippen molar-refractivity contribution in [3.05, 3.63) is 45.4 Å². The summed E-state index contributed by atoms with van der Waals surface area (Å²) in [4.78, 5) is 6.13. The minimum atomic E-state index is -3.13. The highest BCUT2D eigenvalue weighted by Crippen LogP contribution is 2.22. The highest BCUT2D eigenvalue weighted by molar-refractivity contribution is 7.90. The third-order valence-corrected chi connectivity index (χ3v) is 5.34. The molecule has 1 aromatic carbocycles. The maximum atomic E-state index is 11.4. The van der Waals surface area contributed by atoms with Crippen molar-refractivity contribution >= 4 is 21.2 Å². The molecule has 1 atom stereocenters. The van der Waals surface area contributed by atoms with E-state index in [1.807, 2.05) is 19.1 Å². The molecule has 1 heterocycles. The van der Waals surface area contributed by atoms with Gasteiger partial charge in [-0.3, -0.25) is 0 Å². The smallest absolute Gasteiger partial charge is 0.175 e. The van der Waals surface area contributed by atoms with Crippen molar-refractivity contribution in [3.63, 3.8) is 0 Å². The van der Waals surface area contributed by atoms with E-state index >= 15 is 0 Å². The number of nitrogens with zero attached hydrogens (tertiary/aromatic N) is 1. The summed E-state index contributed by atoms with van der Waals surface area (Å²) in [7, 11) is -3.13. The van der Waals surface area contributed by atoms with Gasteiger partial charge in [0.25, 0.3) is 0 Å². The fourth-order valence-corrected chi connectivity index (χ4v) is 3.71. The molecule has 0 aliphatic rings. The van der Waals surface area contributed by atoms with Crippen LogP contribution in [-0.2, 0) is 16.4 Å². The Bertz CT molecular complexity index is 719. The van der Waals surface area contributed by atoms with Crippen LogP contribution in [0.2, 0.25) is 0 Å². The standard InChI is InChI=1S/C15H20N2O2S2/c1-10(15-11(2)20-12(3)17-15)16-9-13-5-7-14(8-6-13)21(4,18)19/h5-8,10,16H,9H2,1-4H3. The SMILES string of the molecule is Cc1nc(C(C)NCc2ccc(S(C)(=O)=O)cc2)c(C)s1. The van der Waals surface area contributed by atoms with Crippen LogP contribution in [0.15, 0.2) is 29.2 Å². The maximum absolute atomic E-state index is 11.4. The molecule has 21 heavy (non-hydrogen) atoms. The first-order chi connectivity index (χ1) is 9.77. The lowest BCUT2D eigenvalue weighted by Crippen LogP contribution is -2.19. The zero-order valence-corrected chi connectivity index (χ0v) is 14.3. The second-order valence-electron chi connectivity index (χ2n) is 5.19. The van der Waals surface area contributed by atoms with Crippen molar-refractivity contribution in [1.82, 2.24) is 10.3 Å². The monoisotopic (exact) mass is 324 g/mol. The summed E-state index contributed by atoms with van der Waals surface area (Å²) in [6.45, 7) is 6.87. The minimum absolute atomic E-state index is 0.171. The Balaban J connectivity index is 2.01. The van der Waals surface area contributed by atoms with Gasteiger partial charge in [-0.25, -0.2) is 13.4 Å². The molecule has 2 rings (SSSR count). The van der Waals surface area contributed by atoms with E-state index in [2.05, 4.69) is 24.1 Å². The maximum Gasteiger partial charge on any atom is 0.175 e. The van der Waals surface area contributed by atoms with Crippen molar-refractivity contribution < 1.29 is 8.42 Å². The summed E-state index contributed by atoms with van der Waals surface area (Å²) in [5.41, 5.74) is 2.14. The molecule has 0 aliphatic heterocycles. The molecule has 1 N–H and O–H groups in total. The van der Waals surface area contributed by atoms with Crippen LogP contribution in [0.4, 0.5) is 0 Å². The molecular weight excluding hydrogens is 304 g/mol. The van der Waals surface area contributed by atoms with Crippen molar-refractivity contribution in [2.24, 2.45) is 0 Å². The van der Waals surface area contributed by atoms with E-state index in [-0.39, 0.29) is 6.04 Å². The first-order valence-corrected chi connectivity index (χ1v) is 9.44. The predicted molar refractivity (Wildman–Crippen MR) is 86.4 cm³/mol. The normalized spacial score (nSPS) is 13.3. The van der Waals surface area contributed by atoms with E-state index in [0.717, 1.165) is 16.3 Å². The van der Waals surface area contributed by atoms with E-state index in [9.17, 15) is 8.42 Å².